The summed E-state index contributed by atoms with van der Waals surface area (Å²) in [6, 6.07) is 4.68. The molecule has 102 valence electrons. The Morgan fingerprint density at radius 3 is 2.79 bits per heavy atom. The van der Waals surface area contributed by atoms with Gasteiger partial charge in [-0.05, 0) is 23.8 Å². The molecule has 0 aromatic heterocycles. The summed E-state index contributed by atoms with van der Waals surface area (Å²) < 4.78 is 25.9. The van der Waals surface area contributed by atoms with E-state index in [1.165, 1.54) is 10.4 Å². The van der Waals surface area contributed by atoms with Crippen LogP contribution in [-0.2, 0) is 21.2 Å². The van der Waals surface area contributed by atoms with E-state index < -0.39 is 10.0 Å². The number of fused-ring (bicyclic) bond motifs is 1. The van der Waals surface area contributed by atoms with E-state index in [-0.39, 0.29) is 29.7 Å². The lowest BCUT2D eigenvalue weighted by Gasteiger charge is -2.36. The number of hydrogen-bond acceptors (Lipinski definition) is 4. The van der Waals surface area contributed by atoms with E-state index in [0.717, 1.165) is 0 Å². The molecule has 6 nitrogen and oxygen atoms in total. The zero-order valence-corrected chi connectivity index (χ0v) is 11.0. The molecule has 0 saturated carbocycles. The molecule has 0 aliphatic carbocycles. The van der Waals surface area contributed by atoms with Crippen molar-refractivity contribution in [2.75, 3.05) is 25.0 Å². The van der Waals surface area contributed by atoms with Crippen molar-refractivity contribution >= 4 is 21.6 Å². The lowest BCUT2D eigenvalue weighted by molar-refractivity contribution is -0.115. The number of rotatable bonds is 3. The third-order valence-electron chi connectivity index (χ3n) is 3.52. The van der Waals surface area contributed by atoms with Gasteiger partial charge in [-0.25, -0.2) is 8.42 Å². The van der Waals surface area contributed by atoms with Crippen LogP contribution in [0.3, 0.4) is 0 Å². The molecule has 0 radical (unpaired) electrons. The second-order valence-corrected chi connectivity index (χ2v) is 6.85. The van der Waals surface area contributed by atoms with Gasteiger partial charge in [-0.2, -0.15) is 4.31 Å². The van der Waals surface area contributed by atoms with Gasteiger partial charge in [0.15, 0.2) is 0 Å². The molecule has 1 fully saturated rings. The summed E-state index contributed by atoms with van der Waals surface area (Å²) in [5.74, 6) is -0.0821. The summed E-state index contributed by atoms with van der Waals surface area (Å²) in [5.41, 5.74) is 1.39. The summed E-state index contributed by atoms with van der Waals surface area (Å²) in [6.07, 6.45) is 0.220. The molecule has 1 amide bonds. The summed E-state index contributed by atoms with van der Waals surface area (Å²) in [5, 5.41) is 11.6. The van der Waals surface area contributed by atoms with Crippen LogP contribution in [0.1, 0.15) is 5.56 Å². The molecule has 2 heterocycles. The van der Waals surface area contributed by atoms with Gasteiger partial charge in [0.2, 0.25) is 15.9 Å². The molecule has 0 bridgehead atoms. The Morgan fingerprint density at radius 2 is 2.11 bits per heavy atom. The number of aliphatic hydroxyl groups is 1. The van der Waals surface area contributed by atoms with Gasteiger partial charge in [-0.15, -0.1) is 0 Å². The van der Waals surface area contributed by atoms with Crippen LogP contribution in [0.4, 0.5) is 5.69 Å². The number of carbonyl (C=O) groups is 1. The molecule has 3 rings (SSSR count). The molecule has 2 N–H and O–H groups in total. The zero-order chi connectivity index (χ0) is 13.6. The van der Waals surface area contributed by atoms with E-state index in [9.17, 15) is 13.2 Å². The maximum Gasteiger partial charge on any atom is 0.243 e. The van der Waals surface area contributed by atoms with E-state index in [1.807, 2.05) is 0 Å². The highest BCUT2D eigenvalue weighted by molar-refractivity contribution is 7.89. The van der Waals surface area contributed by atoms with Crippen molar-refractivity contribution in [3.05, 3.63) is 23.8 Å². The summed E-state index contributed by atoms with van der Waals surface area (Å²) >= 11 is 0. The minimum absolute atomic E-state index is 0.00856. The number of carbonyl (C=O) groups excluding carboxylic acids is 1. The molecule has 2 aliphatic heterocycles. The van der Waals surface area contributed by atoms with Gasteiger partial charge in [0.05, 0.1) is 11.3 Å². The number of hydrogen-bond donors (Lipinski definition) is 2. The molecule has 0 spiro atoms. The molecular formula is C12H14N2O4S. The number of sulfonamides is 1. The van der Waals surface area contributed by atoms with Gasteiger partial charge in [-0.1, -0.05) is 0 Å². The first kappa shape index (κ1) is 12.6. The maximum absolute atomic E-state index is 12.3. The third-order valence-corrected chi connectivity index (χ3v) is 5.35. The van der Waals surface area contributed by atoms with Gasteiger partial charge < -0.3 is 10.4 Å². The van der Waals surface area contributed by atoms with E-state index in [1.54, 1.807) is 12.1 Å². The van der Waals surface area contributed by atoms with Crippen LogP contribution in [0, 0.1) is 5.92 Å². The number of amides is 1. The van der Waals surface area contributed by atoms with Crippen LogP contribution < -0.4 is 5.32 Å². The van der Waals surface area contributed by atoms with Crippen molar-refractivity contribution < 1.29 is 18.3 Å². The Kier molecular flexibility index (Phi) is 2.84. The lowest BCUT2D eigenvalue weighted by Crippen LogP contribution is -2.51. The van der Waals surface area contributed by atoms with Crippen molar-refractivity contribution in [1.82, 2.24) is 4.31 Å². The highest BCUT2D eigenvalue weighted by atomic mass is 32.2. The molecule has 0 unspecified atom stereocenters. The quantitative estimate of drug-likeness (QED) is 0.803. The van der Waals surface area contributed by atoms with Crippen LogP contribution in [0.5, 0.6) is 0 Å². The van der Waals surface area contributed by atoms with Crippen LogP contribution in [0.2, 0.25) is 0 Å². The minimum atomic E-state index is -3.50. The fourth-order valence-corrected chi connectivity index (χ4v) is 3.99. The van der Waals surface area contributed by atoms with E-state index in [2.05, 4.69) is 5.32 Å². The first-order valence-corrected chi connectivity index (χ1v) is 7.48. The van der Waals surface area contributed by atoms with Crippen molar-refractivity contribution in [3.8, 4) is 0 Å². The molecular weight excluding hydrogens is 268 g/mol. The molecule has 1 saturated heterocycles. The fraction of sp³-hybridized carbons (Fsp3) is 0.417. The first-order chi connectivity index (χ1) is 9.00. The number of anilines is 1. The van der Waals surface area contributed by atoms with Crippen molar-refractivity contribution in [1.29, 1.82) is 0 Å². The average molecular weight is 282 g/mol. The van der Waals surface area contributed by atoms with E-state index in [0.29, 0.717) is 24.3 Å². The predicted molar refractivity (Wildman–Crippen MR) is 68.1 cm³/mol. The van der Waals surface area contributed by atoms with Gasteiger partial charge in [0, 0.05) is 31.3 Å². The fourth-order valence-electron chi connectivity index (χ4n) is 2.35. The van der Waals surface area contributed by atoms with Crippen LogP contribution in [0.25, 0.3) is 0 Å². The van der Waals surface area contributed by atoms with Gasteiger partial charge >= 0.3 is 0 Å². The number of benzene rings is 1. The van der Waals surface area contributed by atoms with Gasteiger partial charge in [0.1, 0.15) is 0 Å². The lowest BCUT2D eigenvalue weighted by atomic mass is 10.1. The standard InChI is InChI=1S/C12H14N2O4S/c15-7-8-5-14(6-8)19(17,18)10-1-2-11-9(3-10)4-12(16)13-11/h1-3,8,15H,4-7H2,(H,13,16). The number of nitrogens with zero attached hydrogens (tertiary/aromatic N) is 1. The van der Waals surface area contributed by atoms with Gasteiger partial charge in [-0.3, -0.25) is 4.79 Å². The molecule has 7 heteroatoms. The molecule has 1 aromatic rings. The van der Waals surface area contributed by atoms with Crippen molar-refractivity contribution in [3.63, 3.8) is 0 Å². The minimum Gasteiger partial charge on any atom is -0.396 e. The maximum atomic E-state index is 12.3. The topological polar surface area (TPSA) is 86.7 Å². The first-order valence-electron chi connectivity index (χ1n) is 6.04. The molecule has 19 heavy (non-hydrogen) atoms. The zero-order valence-electron chi connectivity index (χ0n) is 10.2. The van der Waals surface area contributed by atoms with Crippen LogP contribution >= 0.6 is 0 Å². The Hall–Kier alpha value is -1.44. The molecule has 0 atom stereocenters. The Labute approximate surface area is 111 Å². The van der Waals surface area contributed by atoms with Crippen LogP contribution in [0.15, 0.2) is 23.1 Å². The largest absolute Gasteiger partial charge is 0.396 e. The highest BCUT2D eigenvalue weighted by Gasteiger charge is 2.36. The Morgan fingerprint density at radius 1 is 1.37 bits per heavy atom. The molecule has 1 aromatic carbocycles. The van der Waals surface area contributed by atoms with Crippen LogP contribution in [-0.4, -0.2) is 43.4 Å². The van der Waals surface area contributed by atoms with E-state index >= 15 is 0 Å². The smallest absolute Gasteiger partial charge is 0.243 e. The summed E-state index contributed by atoms with van der Waals surface area (Å²) in [7, 11) is -3.50. The summed E-state index contributed by atoms with van der Waals surface area (Å²) in [6.45, 7) is 0.717. The predicted octanol–water partition coefficient (Wildman–Crippen LogP) is -0.206. The SMILES string of the molecule is O=C1Cc2cc(S(=O)(=O)N3CC(CO)C3)ccc2N1. The number of nitrogens with one attached hydrogen (secondary N) is 1. The highest BCUT2D eigenvalue weighted by Crippen LogP contribution is 2.29. The van der Waals surface area contributed by atoms with Gasteiger partial charge in [0.25, 0.3) is 0 Å². The number of aliphatic hydroxyl groups excluding tert-OH is 1. The Bertz CT molecular complexity index is 635. The van der Waals surface area contributed by atoms with Crippen molar-refractivity contribution in [2.45, 2.75) is 11.3 Å². The monoisotopic (exact) mass is 282 g/mol. The van der Waals surface area contributed by atoms with E-state index in [4.69, 9.17) is 5.11 Å². The second kappa shape index (κ2) is 4.29. The summed E-state index contributed by atoms with van der Waals surface area (Å²) in [4.78, 5) is 11.5. The average Bonchev–Trinajstić information content (AvgIpc) is 2.66. The van der Waals surface area contributed by atoms with Crippen molar-refractivity contribution in [2.24, 2.45) is 5.92 Å². The normalized spacial score (nSPS) is 19.9. The molecule has 2 aliphatic rings. The third kappa shape index (κ3) is 2.03. The second-order valence-electron chi connectivity index (χ2n) is 4.91. The Balaban J connectivity index is 1.87.